The van der Waals surface area contributed by atoms with Crippen LogP contribution in [0.25, 0.3) is 0 Å². The van der Waals surface area contributed by atoms with Gasteiger partial charge in [-0.1, -0.05) is 42.5 Å². The average Bonchev–Trinajstić information content (AvgIpc) is 2.61. The normalized spacial score (nSPS) is 12.8. The van der Waals surface area contributed by atoms with E-state index < -0.39 is 15.7 Å². The molecular weight excluding hydrogens is 468 g/mol. The average molecular weight is 491 g/mol. The molecule has 0 aliphatic rings. The third-order valence-electron chi connectivity index (χ3n) is 3.71. The Kier molecular flexibility index (Phi) is 9.00. The lowest BCUT2D eigenvalue weighted by molar-refractivity contribution is 0.566. The minimum atomic E-state index is -3.70. The van der Waals surface area contributed by atoms with E-state index in [9.17, 15) is 12.8 Å². The predicted molar refractivity (Wildman–Crippen MR) is 113 cm³/mol. The molecule has 2 rings (SSSR count). The molecule has 1 unspecified atom stereocenters. The number of hydrogen-bond acceptors (Lipinski definition) is 3. The number of nitrogens with zero attached hydrogens (tertiary/aromatic N) is 1. The van der Waals surface area contributed by atoms with Crippen LogP contribution in [0.2, 0.25) is 0 Å². The molecule has 2 aromatic carbocycles. The van der Waals surface area contributed by atoms with Crippen LogP contribution in [0.1, 0.15) is 18.5 Å². The van der Waals surface area contributed by atoms with Gasteiger partial charge in [-0.25, -0.2) is 12.8 Å². The number of benzene rings is 2. The highest BCUT2D eigenvalue weighted by Gasteiger charge is 2.18. The summed E-state index contributed by atoms with van der Waals surface area (Å²) in [6.45, 7) is 2.11. The van der Waals surface area contributed by atoms with E-state index in [1.165, 1.54) is 18.2 Å². The fourth-order valence-electron chi connectivity index (χ4n) is 2.34. The molecule has 0 amide bonds. The highest BCUT2D eigenvalue weighted by molar-refractivity contribution is 14.0. The van der Waals surface area contributed by atoms with Crippen molar-refractivity contribution in [2.45, 2.75) is 17.9 Å². The van der Waals surface area contributed by atoms with Crippen molar-refractivity contribution in [3.05, 3.63) is 66.0 Å². The van der Waals surface area contributed by atoms with E-state index in [4.69, 9.17) is 0 Å². The van der Waals surface area contributed by atoms with E-state index in [-0.39, 0.29) is 47.2 Å². The van der Waals surface area contributed by atoms with Gasteiger partial charge in [0.05, 0.1) is 11.8 Å². The molecule has 0 saturated heterocycles. The first-order valence-corrected chi connectivity index (χ1v) is 9.58. The van der Waals surface area contributed by atoms with E-state index in [0.717, 1.165) is 11.6 Å². The Hall–Kier alpha value is -1.68. The molecule has 0 bridgehead atoms. The molecule has 0 aliphatic heterocycles. The number of nitrogens with one attached hydrogen (secondary N) is 2. The summed E-state index contributed by atoms with van der Waals surface area (Å²) in [5.74, 6) is -0.475. The van der Waals surface area contributed by atoms with Crippen LogP contribution >= 0.6 is 24.0 Å². The minimum Gasteiger partial charge on any atom is -0.355 e. The molecule has 0 heterocycles. The van der Waals surface area contributed by atoms with Crippen molar-refractivity contribution in [1.29, 1.82) is 0 Å². The van der Waals surface area contributed by atoms with Crippen LogP contribution in [-0.2, 0) is 9.84 Å². The molecule has 5 nitrogen and oxygen atoms in total. The molecule has 0 radical (unpaired) electrons. The molecule has 0 aliphatic carbocycles. The second-order valence-corrected chi connectivity index (χ2v) is 7.60. The van der Waals surface area contributed by atoms with Gasteiger partial charge >= 0.3 is 0 Å². The van der Waals surface area contributed by atoms with Crippen LogP contribution in [0.5, 0.6) is 0 Å². The predicted octanol–water partition coefficient (Wildman–Crippen LogP) is 3.14. The Labute approximate surface area is 171 Å². The van der Waals surface area contributed by atoms with Crippen LogP contribution in [0.4, 0.5) is 4.39 Å². The van der Waals surface area contributed by atoms with Gasteiger partial charge in [-0.3, -0.25) is 4.99 Å². The molecular formula is C18H23FIN3O2S. The molecule has 26 heavy (non-hydrogen) atoms. The number of guanidine groups is 1. The summed E-state index contributed by atoms with van der Waals surface area (Å²) in [6.07, 6.45) is 0. The third-order valence-corrected chi connectivity index (χ3v) is 5.45. The SMILES string of the molecule is CN=C(NCCS(=O)(=O)c1ccccc1F)NC(C)c1ccccc1.I. The van der Waals surface area contributed by atoms with E-state index >= 15 is 0 Å². The molecule has 2 N–H and O–H groups in total. The Morgan fingerprint density at radius 3 is 2.35 bits per heavy atom. The second-order valence-electron chi connectivity index (χ2n) is 5.52. The first kappa shape index (κ1) is 22.4. The van der Waals surface area contributed by atoms with Crippen molar-refractivity contribution in [2.75, 3.05) is 19.3 Å². The highest BCUT2D eigenvalue weighted by Crippen LogP contribution is 2.15. The summed E-state index contributed by atoms with van der Waals surface area (Å²) in [4.78, 5) is 3.81. The fourth-order valence-corrected chi connectivity index (χ4v) is 3.58. The maximum absolute atomic E-state index is 13.7. The summed E-state index contributed by atoms with van der Waals surface area (Å²) in [5.41, 5.74) is 1.09. The van der Waals surface area contributed by atoms with Gasteiger partial charge in [0, 0.05) is 13.6 Å². The van der Waals surface area contributed by atoms with E-state index in [1.54, 1.807) is 7.05 Å². The molecule has 8 heteroatoms. The molecule has 2 aromatic rings. The topological polar surface area (TPSA) is 70.6 Å². The first-order valence-electron chi connectivity index (χ1n) is 7.93. The van der Waals surface area contributed by atoms with Crippen LogP contribution in [-0.4, -0.2) is 33.7 Å². The summed E-state index contributed by atoms with van der Waals surface area (Å²) in [7, 11) is -2.09. The number of sulfone groups is 1. The third kappa shape index (κ3) is 6.24. The summed E-state index contributed by atoms with van der Waals surface area (Å²) >= 11 is 0. The minimum absolute atomic E-state index is 0. The molecule has 0 aromatic heterocycles. The van der Waals surface area contributed by atoms with Gasteiger partial charge in [0.15, 0.2) is 15.8 Å². The molecule has 0 spiro atoms. The molecule has 1 atom stereocenters. The molecule has 0 fully saturated rings. The largest absolute Gasteiger partial charge is 0.355 e. The smallest absolute Gasteiger partial charge is 0.191 e. The van der Waals surface area contributed by atoms with Gasteiger partial charge in [-0.15, -0.1) is 24.0 Å². The lowest BCUT2D eigenvalue weighted by atomic mass is 10.1. The lowest BCUT2D eigenvalue weighted by Crippen LogP contribution is -2.40. The highest BCUT2D eigenvalue weighted by atomic mass is 127. The van der Waals surface area contributed by atoms with Gasteiger partial charge in [0.2, 0.25) is 0 Å². The van der Waals surface area contributed by atoms with Crippen LogP contribution in [0.15, 0.2) is 64.5 Å². The zero-order valence-electron chi connectivity index (χ0n) is 14.6. The van der Waals surface area contributed by atoms with E-state index in [2.05, 4.69) is 15.6 Å². The van der Waals surface area contributed by atoms with Crippen LogP contribution in [0, 0.1) is 5.82 Å². The monoisotopic (exact) mass is 491 g/mol. The van der Waals surface area contributed by atoms with Crippen molar-refractivity contribution in [3.8, 4) is 0 Å². The maximum atomic E-state index is 13.7. The van der Waals surface area contributed by atoms with Crippen LogP contribution in [0.3, 0.4) is 0 Å². The van der Waals surface area contributed by atoms with Gasteiger partial charge in [0.1, 0.15) is 10.7 Å². The zero-order chi connectivity index (χ0) is 18.3. The van der Waals surface area contributed by atoms with Gasteiger partial charge in [-0.2, -0.15) is 0 Å². The van der Waals surface area contributed by atoms with Crippen molar-refractivity contribution < 1.29 is 12.8 Å². The number of aliphatic imine (C=N–C) groups is 1. The summed E-state index contributed by atoms with van der Waals surface area (Å²) in [6, 6.07) is 15.2. The Morgan fingerprint density at radius 2 is 1.73 bits per heavy atom. The Balaban J connectivity index is 0.00000338. The number of halogens is 2. The summed E-state index contributed by atoms with van der Waals surface area (Å²) < 4.78 is 38.1. The number of hydrogen-bond donors (Lipinski definition) is 2. The Bertz CT molecular complexity index is 829. The lowest BCUT2D eigenvalue weighted by Gasteiger charge is -2.18. The van der Waals surface area contributed by atoms with Crippen molar-refractivity contribution in [2.24, 2.45) is 4.99 Å². The van der Waals surface area contributed by atoms with Crippen LogP contribution < -0.4 is 10.6 Å². The van der Waals surface area contributed by atoms with Gasteiger partial charge in [0.25, 0.3) is 0 Å². The Morgan fingerprint density at radius 1 is 1.12 bits per heavy atom. The van der Waals surface area contributed by atoms with Gasteiger partial charge in [-0.05, 0) is 24.6 Å². The van der Waals surface area contributed by atoms with Gasteiger partial charge < -0.3 is 10.6 Å². The maximum Gasteiger partial charge on any atom is 0.191 e. The summed E-state index contributed by atoms with van der Waals surface area (Å²) in [5, 5.41) is 6.14. The zero-order valence-corrected chi connectivity index (χ0v) is 17.8. The first-order chi connectivity index (χ1) is 11.9. The van der Waals surface area contributed by atoms with Crippen molar-refractivity contribution in [1.82, 2.24) is 10.6 Å². The second kappa shape index (κ2) is 10.5. The van der Waals surface area contributed by atoms with Crippen molar-refractivity contribution in [3.63, 3.8) is 0 Å². The van der Waals surface area contributed by atoms with E-state index in [0.29, 0.717) is 5.96 Å². The quantitative estimate of drug-likeness (QED) is 0.370. The molecule has 0 saturated carbocycles. The fraction of sp³-hybridized carbons (Fsp3) is 0.278. The standard InChI is InChI=1S/C18H22FN3O2S.HI/c1-14(15-8-4-3-5-9-15)22-18(20-2)21-12-13-25(23,24)17-11-7-6-10-16(17)19;/h3-11,14H,12-13H2,1-2H3,(H2,20,21,22);1H. The van der Waals surface area contributed by atoms with E-state index in [1.807, 2.05) is 37.3 Å². The molecule has 142 valence electrons. The van der Waals surface area contributed by atoms with Crippen molar-refractivity contribution >= 4 is 39.8 Å². The number of rotatable bonds is 6.